The molecule has 1 aromatic rings. The van der Waals surface area contributed by atoms with E-state index in [4.69, 9.17) is 9.15 Å². The van der Waals surface area contributed by atoms with Crippen LogP contribution in [0.3, 0.4) is 0 Å². The largest absolute Gasteiger partial charge is 0.467 e. The molecule has 0 saturated carbocycles. The molecule has 1 heterocycles. The Kier molecular flexibility index (Phi) is 6.19. The minimum atomic E-state index is 0.220. The maximum absolute atomic E-state index is 5.64. The monoisotopic (exact) mass is 225 g/mol. The molecule has 0 amide bonds. The van der Waals surface area contributed by atoms with Crippen LogP contribution in [0.25, 0.3) is 0 Å². The summed E-state index contributed by atoms with van der Waals surface area (Å²) >= 11 is 0. The highest BCUT2D eigenvalue weighted by atomic mass is 16.5. The van der Waals surface area contributed by atoms with E-state index in [1.54, 1.807) is 6.26 Å². The predicted octanol–water partition coefficient (Wildman–Crippen LogP) is 2.82. The number of hydrogen-bond acceptors (Lipinski definition) is 3. The van der Waals surface area contributed by atoms with Crippen LogP contribution in [0.4, 0.5) is 0 Å². The third kappa shape index (κ3) is 5.93. The highest BCUT2D eigenvalue weighted by Crippen LogP contribution is 2.04. The van der Waals surface area contributed by atoms with Crippen LogP contribution in [-0.4, -0.2) is 19.2 Å². The highest BCUT2D eigenvalue weighted by molar-refractivity contribution is 4.96. The molecule has 1 atom stereocenters. The van der Waals surface area contributed by atoms with Gasteiger partial charge in [-0.25, -0.2) is 0 Å². The van der Waals surface area contributed by atoms with Gasteiger partial charge in [-0.2, -0.15) is 0 Å². The zero-order valence-corrected chi connectivity index (χ0v) is 10.5. The normalized spacial score (nSPS) is 13.2. The fourth-order valence-corrected chi connectivity index (χ4v) is 1.37. The quantitative estimate of drug-likeness (QED) is 0.691. The maximum Gasteiger partial charge on any atom is 0.129 e. The molecule has 0 bridgehead atoms. The molecule has 3 nitrogen and oxygen atoms in total. The zero-order valence-electron chi connectivity index (χ0n) is 10.5. The van der Waals surface area contributed by atoms with E-state index in [9.17, 15) is 0 Å². The molecule has 1 aromatic heterocycles. The van der Waals surface area contributed by atoms with Crippen molar-refractivity contribution in [2.45, 2.75) is 39.9 Å². The lowest BCUT2D eigenvalue weighted by Crippen LogP contribution is -2.28. The van der Waals surface area contributed by atoms with Crippen molar-refractivity contribution in [2.75, 3.05) is 13.1 Å². The van der Waals surface area contributed by atoms with Crippen LogP contribution in [0, 0.1) is 5.92 Å². The van der Waals surface area contributed by atoms with Gasteiger partial charge in [0, 0.05) is 6.54 Å². The van der Waals surface area contributed by atoms with E-state index in [0.717, 1.165) is 24.8 Å². The second kappa shape index (κ2) is 7.47. The number of nitrogens with one attached hydrogen (secondary N) is 1. The Labute approximate surface area is 98.2 Å². The first-order valence-corrected chi connectivity index (χ1v) is 6.03. The molecule has 0 spiro atoms. The lowest BCUT2D eigenvalue weighted by atomic mass is 10.1. The first-order chi connectivity index (χ1) is 7.68. The van der Waals surface area contributed by atoms with E-state index in [1.165, 1.54) is 6.42 Å². The van der Waals surface area contributed by atoms with Crippen LogP contribution in [0.2, 0.25) is 0 Å². The minimum Gasteiger partial charge on any atom is -0.467 e. The molecule has 3 heteroatoms. The molecule has 0 aromatic carbocycles. The molecule has 0 radical (unpaired) electrons. The molecular weight excluding hydrogens is 202 g/mol. The van der Waals surface area contributed by atoms with Crippen molar-refractivity contribution in [1.82, 2.24) is 5.32 Å². The average Bonchev–Trinajstić information content (AvgIpc) is 2.74. The van der Waals surface area contributed by atoms with Gasteiger partial charge in [0.15, 0.2) is 0 Å². The predicted molar refractivity (Wildman–Crippen MR) is 65.3 cm³/mol. The number of hydrogen-bond donors (Lipinski definition) is 1. The number of rotatable bonds is 8. The third-order valence-electron chi connectivity index (χ3n) is 2.42. The molecule has 1 rings (SSSR count). The average molecular weight is 225 g/mol. The molecule has 16 heavy (non-hydrogen) atoms. The van der Waals surface area contributed by atoms with Crippen LogP contribution >= 0.6 is 0 Å². The maximum atomic E-state index is 5.64. The van der Waals surface area contributed by atoms with Gasteiger partial charge in [0.25, 0.3) is 0 Å². The van der Waals surface area contributed by atoms with E-state index >= 15 is 0 Å². The molecule has 0 aliphatic carbocycles. The molecule has 1 N–H and O–H groups in total. The van der Waals surface area contributed by atoms with E-state index < -0.39 is 0 Å². The van der Waals surface area contributed by atoms with Crippen LogP contribution in [0.15, 0.2) is 22.8 Å². The van der Waals surface area contributed by atoms with Gasteiger partial charge in [-0.3, -0.25) is 0 Å². The highest BCUT2D eigenvalue weighted by Gasteiger charge is 2.03. The van der Waals surface area contributed by atoms with Gasteiger partial charge in [-0.1, -0.05) is 13.8 Å². The summed E-state index contributed by atoms with van der Waals surface area (Å²) in [6.07, 6.45) is 3.10. The number of ether oxygens (including phenoxy) is 1. The third-order valence-corrected chi connectivity index (χ3v) is 2.42. The van der Waals surface area contributed by atoms with Crippen molar-refractivity contribution >= 4 is 0 Å². The Morgan fingerprint density at radius 3 is 2.81 bits per heavy atom. The van der Waals surface area contributed by atoms with E-state index in [2.05, 4.69) is 26.1 Å². The fourth-order valence-electron chi connectivity index (χ4n) is 1.37. The van der Waals surface area contributed by atoms with Gasteiger partial charge < -0.3 is 14.5 Å². The van der Waals surface area contributed by atoms with Crippen molar-refractivity contribution in [3.8, 4) is 0 Å². The SMILES string of the molecule is CC(C)CCNCC(C)OCc1ccco1. The lowest BCUT2D eigenvalue weighted by Gasteiger charge is -2.13. The Balaban J connectivity index is 2.00. The van der Waals surface area contributed by atoms with Gasteiger partial charge in [0.05, 0.1) is 12.4 Å². The summed E-state index contributed by atoms with van der Waals surface area (Å²) < 4.78 is 10.8. The second-order valence-electron chi connectivity index (χ2n) is 4.59. The van der Waals surface area contributed by atoms with Crippen molar-refractivity contribution in [3.05, 3.63) is 24.2 Å². The fraction of sp³-hybridized carbons (Fsp3) is 0.692. The van der Waals surface area contributed by atoms with Crippen molar-refractivity contribution < 1.29 is 9.15 Å². The van der Waals surface area contributed by atoms with Crippen LogP contribution in [0.5, 0.6) is 0 Å². The van der Waals surface area contributed by atoms with E-state index in [-0.39, 0.29) is 6.10 Å². The summed E-state index contributed by atoms with van der Waals surface area (Å²) in [6.45, 7) is 9.06. The summed E-state index contributed by atoms with van der Waals surface area (Å²) in [7, 11) is 0. The van der Waals surface area contributed by atoms with Crippen LogP contribution in [-0.2, 0) is 11.3 Å². The van der Waals surface area contributed by atoms with E-state index in [1.807, 2.05) is 12.1 Å². The second-order valence-corrected chi connectivity index (χ2v) is 4.59. The van der Waals surface area contributed by atoms with Gasteiger partial charge >= 0.3 is 0 Å². The summed E-state index contributed by atoms with van der Waals surface area (Å²) in [5.74, 6) is 1.64. The summed E-state index contributed by atoms with van der Waals surface area (Å²) in [5.41, 5.74) is 0. The van der Waals surface area contributed by atoms with Crippen molar-refractivity contribution in [2.24, 2.45) is 5.92 Å². The zero-order chi connectivity index (χ0) is 11.8. The number of furan rings is 1. The molecule has 0 saturated heterocycles. The van der Waals surface area contributed by atoms with Crippen LogP contribution in [0.1, 0.15) is 33.0 Å². The van der Waals surface area contributed by atoms with Gasteiger partial charge in [0.1, 0.15) is 12.4 Å². The Hall–Kier alpha value is -0.800. The van der Waals surface area contributed by atoms with Crippen LogP contribution < -0.4 is 5.32 Å². The first kappa shape index (κ1) is 13.3. The first-order valence-electron chi connectivity index (χ1n) is 6.03. The standard InChI is InChI=1S/C13H23NO2/c1-11(2)6-7-14-9-12(3)16-10-13-5-4-8-15-13/h4-5,8,11-12,14H,6-7,9-10H2,1-3H3. The van der Waals surface area contributed by atoms with Crippen molar-refractivity contribution in [1.29, 1.82) is 0 Å². The molecular formula is C13H23NO2. The summed E-state index contributed by atoms with van der Waals surface area (Å²) in [5, 5.41) is 3.39. The van der Waals surface area contributed by atoms with Gasteiger partial charge in [0.2, 0.25) is 0 Å². The molecule has 0 aliphatic rings. The lowest BCUT2D eigenvalue weighted by molar-refractivity contribution is 0.0429. The molecule has 1 unspecified atom stereocenters. The molecule has 0 aliphatic heterocycles. The Morgan fingerprint density at radius 1 is 1.38 bits per heavy atom. The summed E-state index contributed by atoms with van der Waals surface area (Å²) in [4.78, 5) is 0. The molecule has 92 valence electrons. The van der Waals surface area contributed by atoms with E-state index in [0.29, 0.717) is 6.61 Å². The Morgan fingerprint density at radius 2 is 2.19 bits per heavy atom. The van der Waals surface area contributed by atoms with Gasteiger partial charge in [-0.15, -0.1) is 0 Å². The molecule has 0 fully saturated rings. The van der Waals surface area contributed by atoms with Crippen molar-refractivity contribution in [3.63, 3.8) is 0 Å². The Bertz CT molecular complexity index is 257. The smallest absolute Gasteiger partial charge is 0.129 e. The minimum absolute atomic E-state index is 0.220. The topological polar surface area (TPSA) is 34.4 Å². The van der Waals surface area contributed by atoms with Gasteiger partial charge in [-0.05, 0) is 37.9 Å². The summed E-state index contributed by atoms with van der Waals surface area (Å²) in [6, 6.07) is 3.81.